The van der Waals surface area contributed by atoms with Gasteiger partial charge in [0, 0.05) is 30.4 Å². The van der Waals surface area contributed by atoms with Crippen molar-refractivity contribution in [3.05, 3.63) is 71.4 Å². The zero-order chi connectivity index (χ0) is 18.7. The molecule has 1 aliphatic heterocycles. The van der Waals surface area contributed by atoms with Gasteiger partial charge in [-0.2, -0.15) is 0 Å². The number of nitrogens with one attached hydrogen (secondary N) is 1. The van der Waals surface area contributed by atoms with Crippen LogP contribution in [0.25, 0.3) is 11.3 Å². The van der Waals surface area contributed by atoms with Crippen LogP contribution in [0.2, 0.25) is 5.02 Å². The number of aromatic amines is 1. The average Bonchev–Trinajstić information content (AvgIpc) is 3.17. The lowest BCUT2D eigenvalue weighted by Gasteiger charge is -2.24. The molecule has 0 saturated carbocycles. The van der Waals surface area contributed by atoms with Crippen molar-refractivity contribution in [1.29, 1.82) is 0 Å². The third-order valence-corrected chi connectivity index (χ3v) is 4.35. The van der Waals surface area contributed by atoms with Crippen LogP contribution in [0.4, 0.5) is 10.1 Å². The van der Waals surface area contributed by atoms with Gasteiger partial charge in [-0.1, -0.05) is 31.5 Å². The number of rotatable bonds is 5. The maximum atomic E-state index is 14.5. The van der Waals surface area contributed by atoms with Crippen molar-refractivity contribution < 1.29 is 4.39 Å². The smallest absolute Gasteiger partial charge is 0.157 e. The zero-order valence-corrected chi connectivity index (χ0v) is 15.1. The summed E-state index contributed by atoms with van der Waals surface area (Å²) in [7, 11) is 0. The normalized spacial score (nSPS) is 15.8. The summed E-state index contributed by atoms with van der Waals surface area (Å²) in [5.41, 5.74) is 8.06. The topological polar surface area (TPSA) is 70.3 Å². The minimum absolute atomic E-state index is 0.0225. The highest BCUT2D eigenvalue weighted by atomic mass is 35.5. The summed E-state index contributed by atoms with van der Waals surface area (Å²) in [4.78, 5) is 13.7. The summed E-state index contributed by atoms with van der Waals surface area (Å²) < 4.78 is 14.5. The van der Waals surface area contributed by atoms with Gasteiger partial charge < -0.3 is 15.6 Å². The Morgan fingerprint density at radius 1 is 1.46 bits per heavy atom. The molecule has 2 heterocycles. The van der Waals surface area contributed by atoms with E-state index in [-0.39, 0.29) is 16.3 Å². The highest BCUT2D eigenvalue weighted by Gasteiger charge is 2.21. The maximum Gasteiger partial charge on any atom is 0.157 e. The van der Waals surface area contributed by atoms with Gasteiger partial charge in [0.15, 0.2) is 5.82 Å². The van der Waals surface area contributed by atoms with Crippen molar-refractivity contribution in [2.24, 2.45) is 4.99 Å². The van der Waals surface area contributed by atoms with Gasteiger partial charge in [-0.05, 0) is 18.6 Å². The molecule has 26 heavy (non-hydrogen) atoms. The molecule has 5 nitrogen and oxygen atoms in total. The first-order valence-electron chi connectivity index (χ1n) is 8.20. The Balaban J connectivity index is 2.10. The molecular weight excluding hydrogens is 353 g/mol. The van der Waals surface area contributed by atoms with E-state index in [1.165, 1.54) is 6.07 Å². The third-order valence-electron chi connectivity index (χ3n) is 4.03. The van der Waals surface area contributed by atoms with Crippen LogP contribution < -0.4 is 5.73 Å². The van der Waals surface area contributed by atoms with Crippen LogP contribution in [0, 0.1) is 5.82 Å². The number of allylic oxidation sites excluding steroid dienone is 2. The summed E-state index contributed by atoms with van der Waals surface area (Å²) in [6.45, 7) is 5.94. The predicted octanol–water partition coefficient (Wildman–Crippen LogP) is 4.82. The minimum Gasteiger partial charge on any atom is -0.396 e. The molecule has 3 N–H and O–H groups in total. The highest BCUT2D eigenvalue weighted by Crippen LogP contribution is 2.34. The number of imidazole rings is 1. The van der Waals surface area contributed by atoms with Gasteiger partial charge in [-0.3, -0.25) is 4.99 Å². The Morgan fingerprint density at radius 2 is 2.27 bits per heavy atom. The molecule has 1 aromatic carbocycles. The van der Waals surface area contributed by atoms with Crippen LogP contribution in [-0.4, -0.2) is 21.1 Å². The maximum absolute atomic E-state index is 14.5. The zero-order valence-electron chi connectivity index (χ0n) is 14.3. The van der Waals surface area contributed by atoms with Gasteiger partial charge in [0.25, 0.3) is 0 Å². The first kappa shape index (κ1) is 17.9. The number of anilines is 1. The van der Waals surface area contributed by atoms with Crippen molar-refractivity contribution in [3.8, 4) is 0 Å². The van der Waals surface area contributed by atoms with Crippen molar-refractivity contribution in [3.63, 3.8) is 0 Å². The molecule has 134 valence electrons. The number of nitrogens with zero attached hydrogens (tertiary/aromatic N) is 3. The molecule has 0 spiro atoms. The second-order valence-corrected chi connectivity index (χ2v) is 6.15. The Labute approximate surface area is 156 Å². The Bertz CT molecular complexity index is 912. The van der Waals surface area contributed by atoms with Crippen LogP contribution in [0.5, 0.6) is 0 Å². The molecule has 3 rings (SSSR count). The minimum atomic E-state index is -0.586. The lowest BCUT2D eigenvalue weighted by atomic mass is 10.1. The summed E-state index contributed by atoms with van der Waals surface area (Å²) >= 11 is 6.17. The van der Waals surface area contributed by atoms with Gasteiger partial charge in [0.05, 0.1) is 33.9 Å². The molecule has 0 amide bonds. The number of nitrogen functional groups attached to an aromatic ring is 1. The first-order valence-corrected chi connectivity index (χ1v) is 8.58. The number of halogens is 2. The lowest BCUT2D eigenvalue weighted by molar-refractivity contribution is 0.625. The highest BCUT2D eigenvalue weighted by molar-refractivity contribution is 6.32. The monoisotopic (exact) mass is 371 g/mol. The van der Waals surface area contributed by atoms with Crippen molar-refractivity contribution in [2.75, 3.05) is 5.73 Å². The molecular formula is C19H19ClFN5. The van der Waals surface area contributed by atoms with Crippen molar-refractivity contribution in [1.82, 2.24) is 14.9 Å². The van der Waals surface area contributed by atoms with Gasteiger partial charge in [-0.25, -0.2) is 9.37 Å². The number of aliphatic imine (C=N–C) groups is 1. The average molecular weight is 372 g/mol. The van der Waals surface area contributed by atoms with Gasteiger partial charge in [-0.15, -0.1) is 0 Å². The summed E-state index contributed by atoms with van der Waals surface area (Å²) in [6, 6.07) is 2.99. The van der Waals surface area contributed by atoms with E-state index in [1.54, 1.807) is 42.0 Å². The van der Waals surface area contributed by atoms with E-state index in [0.29, 0.717) is 5.70 Å². The molecule has 1 aliphatic rings. The van der Waals surface area contributed by atoms with E-state index in [9.17, 15) is 4.39 Å². The molecule has 0 atom stereocenters. The second-order valence-electron chi connectivity index (χ2n) is 5.74. The Morgan fingerprint density at radius 3 is 2.92 bits per heavy atom. The second kappa shape index (κ2) is 7.58. The fraction of sp³-hybridized carbons (Fsp3) is 0.158. The number of aromatic nitrogens is 2. The number of hydrogen-bond donors (Lipinski definition) is 2. The quantitative estimate of drug-likeness (QED) is 0.740. The third kappa shape index (κ3) is 3.28. The molecule has 0 unspecified atom stereocenters. The van der Waals surface area contributed by atoms with E-state index < -0.39 is 5.82 Å². The van der Waals surface area contributed by atoms with Crippen molar-refractivity contribution >= 4 is 34.8 Å². The molecule has 0 fully saturated rings. The van der Waals surface area contributed by atoms with Crippen LogP contribution in [0.15, 0.2) is 54.2 Å². The molecule has 1 aromatic heterocycles. The van der Waals surface area contributed by atoms with E-state index in [4.69, 9.17) is 17.3 Å². The van der Waals surface area contributed by atoms with Gasteiger partial charge >= 0.3 is 0 Å². The van der Waals surface area contributed by atoms with E-state index >= 15 is 0 Å². The fourth-order valence-corrected chi connectivity index (χ4v) is 3.04. The van der Waals surface area contributed by atoms with Crippen LogP contribution in [0.1, 0.15) is 31.2 Å². The number of benzene rings is 1. The number of H-pyrrole nitrogens is 1. The summed E-state index contributed by atoms with van der Waals surface area (Å²) in [5, 5.41) is 0.247. The van der Waals surface area contributed by atoms with Gasteiger partial charge in [0.1, 0.15) is 5.82 Å². The Kier molecular flexibility index (Phi) is 5.23. The van der Waals surface area contributed by atoms with Crippen LogP contribution in [0.3, 0.4) is 0 Å². The molecule has 7 heteroatoms. The molecule has 0 bridgehead atoms. The van der Waals surface area contributed by atoms with Crippen LogP contribution >= 0.6 is 11.6 Å². The molecule has 0 saturated heterocycles. The summed E-state index contributed by atoms with van der Waals surface area (Å²) in [5.74, 6) is 0.183. The predicted molar refractivity (Wildman–Crippen MR) is 105 cm³/mol. The standard InChI is InChI=1S/C19H19ClFN5/c1-3-5-12(19-23-8-9-24-19)16-10-25-15(11-26(16)4-2)17-13(20)6-7-14(22)18(17)21/h4,6-11H,2-3,5,22H2,1H3,(H,23,24)/b16-12+. The van der Waals surface area contributed by atoms with E-state index in [2.05, 4.69) is 28.5 Å². The molecule has 0 radical (unpaired) electrons. The lowest BCUT2D eigenvalue weighted by Crippen LogP contribution is -2.17. The van der Waals surface area contributed by atoms with E-state index in [0.717, 1.165) is 29.9 Å². The van der Waals surface area contributed by atoms with E-state index in [1.807, 2.05) is 0 Å². The fourth-order valence-electron chi connectivity index (χ4n) is 2.80. The Hall–Kier alpha value is -2.86. The van der Waals surface area contributed by atoms with Gasteiger partial charge in [0.2, 0.25) is 0 Å². The SMILES string of the molecule is C=CN1C=C(c2c(Cl)ccc(N)c2F)N=C/C1=C(/CCC)c1ncc[nH]1. The number of nitrogens with two attached hydrogens (primary N) is 1. The largest absolute Gasteiger partial charge is 0.396 e. The summed E-state index contributed by atoms with van der Waals surface area (Å²) in [6.07, 6.45) is 10.2. The molecule has 0 aliphatic carbocycles. The van der Waals surface area contributed by atoms with Crippen LogP contribution in [-0.2, 0) is 0 Å². The van der Waals surface area contributed by atoms with Crippen molar-refractivity contribution in [2.45, 2.75) is 19.8 Å². The first-order chi connectivity index (χ1) is 12.6. The molecule has 2 aromatic rings. The number of hydrogen-bond acceptors (Lipinski definition) is 4.